The molecule has 0 saturated heterocycles. The Morgan fingerprint density at radius 2 is 1.41 bits per heavy atom. The zero-order valence-electron chi connectivity index (χ0n) is 14.6. The van der Waals surface area contributed by atoms with Crippen LogP contribution in [0.15, 0.2) is 36.5 Å². The van der Waals surface area contributed by atoms with Crippen molar-refractivity contribution in [3.05, 3.63) is 47.7 Å². The van der Waals surface area contributed by atoms with Crippen LogP contribution in [0.4, 0.5) is 0 Å². The Bertz CT molecular complexity index is 520. The number of fused-ring (bicyclic) bond motifs is 1. The van der Waals surface area contributed by atoms with E-state index in [1.54, 1.807) is 0 Å². The highest BCUT2D eigenvalue weighted by Gasteiger charge is 2.13. The van der Waals surface area contributed by atoms with E-state index in [1.807, 2.05) is 40.0 Å². The number of hydrogen-bond donors (Lipinski definition) is 0. The molecule has 0 amide bonds. The lowest BCUT2D eigenvalue weighted by atomic mass is 9.92. The Kier molecular flexibility index (Phi) is 9.13. The molecule has 2 heteroatoms. The van der Waals surface area contributed by atoms with Gasteiger partial charge in [-0.25, -0.2) is 0 Å². The van der Waals surface area contributed by atoms with Crippen LogP contribution in [0, 0.1) is 0 Å². The number of rotatable bonds is 1. The Hall–Kier alpha value is -1.70. The van der Waals surface area contributed by atoms with Crippen molar-refractivity contribution >= 4 is 0 Å². The van der Waals surface area contributed by atoms with Gasteiger partial charge in [-0.2, -0.15) is 10.2 Å². The van der Waals surface area contributed by atoms with E-state index in [1.165, 1.54) is 42.4 Å². The van der Waals surface area contributed by atoms with E-state index in [9.17, 15) is 0 Å². The van der Waals surface area contributed by atoms with Crippen LogP contribution in [0.25, 0.3) is 11.3 Å². The molecule has 2 aromatic rings. The summed E-state index contributed by atoms with van der Waals surface area (Å²) in [6.45, 7) is 8.00. The molecule has 1 aromatic heterocycles. The van der Waals surface area contributed by atoms with Crippen LogP contribution >= 0.6 is 0 Å². The molecule has 1 aromatic carbocycles. The molecule has 3 rings (SSSR count). The summed E-state index contributed by atoms with van der Waals surface area (Å²) in [6, 6.07) is 10.4. The maximum Gasteiger partial charge on any atom is 0.0964 e. The van der Waals surface area contributed by atoms with Crippen molar-refractivity contribution in [2.45, 2.75) is 66.2 Å². The monoisotopic (exact) mass is 298 g/mol. The summed E-state index contributed by atoms with van der Waals surface area (Å²) in [5, 5.41) is 8.58. The molecule has 120 valence electrons. The number of aromatic nitrogens is 2. The number of benzene rings is 1. The summed E-state index contributed by atoms with van der Waals surface area (Å²) in [5.41, 5.74) is 5.12. The number of hydrogen-bond acceptors (Lipinski definition) is 2. The molecule has 0 aliphatic heterocycles. The molecular weight excluding hydrogens is 268 g/mol. The molecule has 0 spiro atoms. The largest absolute Gasteiger partial charge is 0.158 e. The maximum absolute atomic E-state index is 4.38. The second kappa shape index (κ2) is 10.9. The predicted octanol–water partition coefficient (Wildman–Crippen LogP) is 5.86. The van der Waals surface area contributed by atoms with Gasteiger partial charge in [-0.15, -0.1) is 0 Å². The van der Waals surface area contributed by atoms with Crippen LogP contribution in [0.1, 0.15) is 64.5 Å². The first-order valence-electron chi connectivity index (χ1n) is 8.84. The Labute approximate surface area is 136 Å². The minimum absolute atomic E-state index is 1.09. The molecule has 1 heterocycles. The Morgan fingerprint density at radius 3 is 2.09 bits per heavy atom. The molecular formula is C20H30N2. The average Bonchev–Trinajstić information content (AvgIpc) is 2.59. The van der Waals surface area contributed by atoms with Gasteiger partial charge in [0, 0.05) is 5.56 Å². The van der Waals surface area contributed by atoms with Crippen molar-refractivity contribution in [2.24, 2.45) is 0 Å². The first-order chi connectivity index (χ1) is 10.9. The van der Waals surface area contributed by atoms with Crippen LogP contribution in [0.2, 0.25) is 0 Å². The summed E-state index contributed by atoms with van der Waals surface area (Å²) in [7, 11) is 0. The van der Waals surface area contributed by atoms with Gasteiger partial charge in [0.1, 0.15) is 0 Å². The van der Waals surface area contributed by atoms with Crippen molar-refractivity contribution < 1.29 is 0 Å². The first-order valence-corrected chi connectivity index (χ1v) is 8.84. The van der Waals surface area contributed by atoms with E-state index in [2.05, 4.69) is 34.5 Å². The SMILES string of the molecule is CC.CC.c1ccc(-c2nncc3c2CCCCCC3)cc1. The Balaban J connectivity index is 0.000000561. The van der Waals surface area contributed by atoms with Gasteiger partial charge in [0.15, 0.2) is 0 Å². The molecule has 0 atom stereocenters. The fraction of sp³-hybridized carbons (Fsp3) is 0.500. The summed E-state index contributed by atoms with van der Waals surface area (Å²) in [4.78, 5) is 0. The maximum atomic E-state index is 4.38. The van der Waals surface area contributed by atoms with Crippen molar-refractivity contribution in [1.82, 2.24) is 10.2 Å². The topological polar surface area (TPSA) is 25.8 Å². The van der Waals surface area contributed by atoms with E-state index in [-0.39, 0.29) is 0 Å². The quantitative estimate of drug-likeness (QED) is 0.659. The normalized spacial score (nSPS) is 13.3. The number of aryl methyl sites for hydroxylation is 1. The third kappa shape index (κ3) is 4.94. The fourth-order valence-corrected chi connectivity index (χ4v) is 2.74. The highest BCUT2D eigenvalue weighted by molar-refractivity contribution is 5.63. The molecule has 2 nitrogen and oxygen atoms in total. The highest BCUT2D eigenvalue weighted by Crippen LogP contribution is 2.27. The van der Waals surface area contributed by atoms with Crippen molar-refractivity contribution in [3.63, 3.8) is 0 Å². The van der Waals surface area contributed by atoms with Gasteiger partial charge in [-0.3, -0.25) is 0 Å². The molecule has 0 bridgehead atoms. The van der Waals surface area contributed by atoms with Crippen molar-refractivity contribution in [1.29, 1.82) is 0 Å². The van der Waals surface area contributed by atoms with E-state index in [0.717, 1.165) is 18.5 Å². The second-order valence-electron chi connectivity index (χ2n) is 4.98. The van der Waals surface area contributed by atoms with Crippen molar-refractivity contribution in [2.75, 3.05) is 0 Å². The van der Waals surface area contributed by atoms with Gasteiger partial charge in [0.05, 0.1) is 11.9 Å². The third-order valence-corrected chi connectivity index (χ3v) is 3.71. The molecule has 0 radical (unpaired) electrons. The van der Waals surface area contributed by atoms with Crippen LogP contribution in [-0.4, -0.2) is 10.2 Å². The van der Waals surface area contributed by atoms with Gasteiger partial charge in [-0.05, 0) is 36.8 Å². The Morgan fingerprint density at radius 1 is 0.773 bits per heavy atom. The van der Waals surface area contributed by atoms with Gasteiger partial charge in [0.25, 0.3) is 0 Å². The molecule has 0 saturated carbocycles. The van der Waals surface area contributed by atoms with E-state index in [0.29, 0.717) is 0 Å². The molecule has 22 heavy (non-hydrogen) atoms. The summed E-state index contributed by atoms with van der Waals surface area (Å²) in [6.07, 6.45) is 9.52. The van der Waals surface area contributed by atoms with Crippen LogP contribution in [-0.2, 0) is 12.8 Å². The lowest BCUT2D eigenvalue weighted by molar-refractivity contribution is 0.613. The minimum atomic E-state index is 1.09. The van der Waals surface area contributed by atoms with Crippen LogP contribution in [0.3, 0.4) is 0 Å². The lowest BCUT2D eigenvalue weighted by Gasteiger charge is -2.16. The summed E-state index contributed by atoms with van der Waals surface area (Å²) < 4.78 is 0. The predicted molar refractivity (Wildman–Crippen MR) is 96.0 cm³/mol. The standard InChI is InChI=1S/C16H18N2.2C2H6/c1-2-7-11-15-14(10-4-1)12-17-18-16(15)13-8-5-3-6-9-13;2*1-2/h3,5-6,8-9,12H,1-2,4,7,10-11H2;2*1-2H3. The van der Waals surface area contributed by atoms with E-state index < -0.39 is 0 Å². The number of nitrogens with zero attached hydrogens (tertiary/aromatic N) is 2. The van der Waals surface area contributed by atoms with Gasteiger partial charge in [-0.1, -0.05) is 70.9 Å². The van der Waals surface area contributed by atoms with E-state index in [4.69, 9.17) is 0 Å². The molecule has 0 unspecified atom stereocenters. The second-order valence-corrected chi connectivity index (χ2v) is 4.98. The zero-order chi connectivity index (χ0) is 16.2. The van der Waals surface area contributed by atoms with Crippen molar-refractivity contribution in [3.8, 4) is 11.3 Å². The molecule has 1 aliphatic rings. The van der Waals surface area contributed by atoms with Gasteiger partial charge < -0.3 is 0 Å². The minimum Gasteiger partial charge on any atom is -0.158 e. The molecule has 0 fully saturated rings. The third-order valence-electron chi connectivity index (χ3n) is 3.71. The zero-order valence-corrected chi connectivity index (χ0v) is 14.6. The van der Waals surface area contributed by atoms with Crippen LogP contribution in [0.5, 0.6) is 0 Å². The highest BCUT2D eigenvalue weighted by atomic mass is 15.1. The van der Waals surface area contributed by atoms with Gasteiger partial charge >= 0.3 is 0 Å². The van der Waals surface area contributed by atoms with E-state index >= 15 is 0 Å². The molecule has 0 N–H and O–H groups in total. The first kappa shape index (κ1) is 18.3. The smallest absolute Gasteiger partial charge is 0.0964 e. The summed E-state index contributed by atoms with van der Waals surface area (Å²) >= 11 is 0. The van der Waals surface area contributed by atoms with Gasteiger partial charge in [0.2, 0.25) is 0 Å². The van der Waals surface area contributed by atoms with Crippen LogP contribution < -0.4 is 0 Å². The fourth-order valence-electron chi connectivity index (χ4n) is 2.74. The molecule has 1 aliphatic carbocycles. The average molecular weight is 298 g/mol. The summed E-state index contributed by atoms with van der Waals surface area (Å²) in [5.74, 6) is 0. The lowest BCUT2D eigenvalue weighted by Crippen LogP contribution is -2.05.